The van der Waals surface area contributed by atoms with Crippen LogP contribution >= 0.6 is 11.3 Å². The van der Waals surface area contributed by atoms with E-state index in [-0.39, 0.29) is 6.61 Å². The van der Waals surface area contributed by atoms with Gasteiger partial charge in [0.1, 0.15) is 0 Å². The molecule has 2 aromatic heterocycles. The standard InChI is InChI=1S/C11H14N2O3S/c14-7-3-1-2-6-13-11(15)16-10(12-13)9-5-4-8-17-9/h4-5,8,14H,1-3,6-7H2. The highest BCUT2D eigenvalue weighted by molar-refractivity contribution is 7.13. The maximum absolute atomic E-state index is 11.5. The summed E-state index contributed by atoms with van der Waals surface area (Å²) >= 11 is 1.49. The summed E-state index contributed by atoms with van der Waals surface area (Å²) in [5.74, 6) is -0.0374. The van der Waals surface area contributed by atoms with E-state index in [1.54, 1.807) is 0 Å². The topological polar surface area (TPSA) is 68.3 Å². The lowest BCUT2D eigenvalue weighted by molar-refractivity contribution is 0.281. The number of nitrogens with zero attached hydrogens (tertiary/aromatic N) is 2. The molecule has 0 radical (unpaired) electrons. The highest BCUT2D eigenvalue weighted by Gasteiger charge is 2.10. The lowest BCUT2D eigenvalue weighted by Crippen LogP contribution is -2.15. The predicted molar refractivity (Wildman–Crippen MR) is 65.0 cm³/mol. The van der Waals surface area contributed by atoms with Crippen LogP contribution in [-0.2, 0) is 6.54 Å². The van der Waals surface area contributed by atoms with Gasteiger partial charge in [0, 0.05) is 13.2 Å². The largest absolute Gasteiger partial charge is 0.437 e. The van der Waals surface area contributed by atoms with Gasteiger partial charge in [-0.3, -0.25) is 0 Å². The Morgan fingerprint density at radius 2 is 2.29 bits per heavy atom. The molecular weight excluding hydrogens is 240 g/mol. The summed E-state index contributed by atoms with van der Waals surface area (Å²) in [5.41, 5.74) is 0. The molecule has 0 spiro atoms. The van der Waals surface area contributed by atoms with Crippen LogP contribution in [0.5, 0.6) is 0 Å². The molecule has 0 bridgehead atoms. The van der Waals surface area contributed by atoms with Crippen LogP contribution in [0.1, 0.15) is 19.3 Å². The molecule has 2 heterocycles. The van der Waals surface area contributed by atoms with E-state index in [2.05, 4.69) is 5.10 Å². The molecule has 0 aromatic carbocycles. The molecule has 5 nitrogen and oxygen atoms in total. The van der Waals surface area contributed by atoms with Crippen molar-refractivity contribution in [2.24, 2.45) is 0 Å². The second kappa shape index (κ2) is 5.79. The van der Waals surface area contributed by atoms with E-state index >= 15 is 0 Å². The van der Waals surface area contributed by atoms with Crippen molar-refractivity contribution >= 4 is 11.3 Å². The Balaban J connectivity index is 2.02. The van der Waals surface area contributed by atoms with E-state index in [1.807, 2.05) is 17.5 Å². The lowest BCUT2D eigenvalue weighted by atomic mass is 10.2. The zero-order valence-corrected chi connectivity index (χ0v) is 10.2. The minimum absolute atomic E-state index is 0.189. The van der Waals surface area contributed by atoms with Crippen LogP contribution in [0.2, 0.25) is 0 Å². The normalized spacial score (nSPS) is 10.9. The zero-order valence-electron chi connectivity index (χ0n) is 9.33. The smallest absolute Gasteiger partial charge is 0.396 e. The molecule has 0 atom stereocenters. The molecular formula is C11H14N2O3S. The van der Waals surface area contributed by atoms with Gasteiger partial charge < -0.3 is 9.52 Å². The Labute approximate surface area is 102 Å². The fourth-order valence-electron chi connectivity index (χ4n) is 1.50. The van der Waals surface area contributed by atoms with Gasteiger partial charge in [0.15, 0.2) is 0 Å². The lowest BCUT2D eigenvalue weighted by Gasteiger charge is -1.97. The van der Waals surface area contributed by atoms with Crippen LogP contribution in [-0.4, -0.2) is 21.5 Å². The third kappa shape index (κ3) is 3.04. The van der Waals surface area contributed by atoms with E-state index in [9.17, 15) is 4.79 Å². The quantitative estimate of drug-likeness (QED) is 0.797. The molecule has 2 rings (SSSR count). The third-order valence-corrected chi connectivity index (χ3v) is 3.22. The average molecular weight is 254 g/mol. The molecule has 0 unspecified atom stereocenters. The first-order chi connectivity index (χ1) is 8.31. The fourth-order valence-corrected chi connectivity index (χ4v) is 2.14. The number of aromatic nitrogens is 2. The second-order valence-corrected chi connectivity index (χ2v) is 4.61. The Kier molecular flexibility index (Phi) is 4.11. The summed E-state index contributed by atoms with van der Waals surface area (Å²) in [5, 5.41) is 14.7. The molecule has 0 aliphatic heterocycles. The fraction of sp³-hybridized carbons (Fsp3) is 0.455. The van der Waals surface area contributed by atoms with E-state index < -0.39 is 5.76 Å². The summed E-state index contributed by atoms with van der Waals surface area (Å²) in [6.07, 6.45) is 2.45. The van der Waals surface area contributed by atoms with E-state index in [0.29, 0.717) is 12.4 Å². The van der Waals surface area contributed by atoms with Crippen molar-refractivity contribution in [2.75, 3.05) is 6.61 Å². The van der Waals surface area contributed by atoms with Crippen molar-refractivity contribution in [1.29, 1.82) is 0 Å². The summed E-state index contributed by atoms with van der Waals surface area (Å²) in [6, 6.07) is 3.76. The highest BCUT2D eigenvalue weighted by Crippen LogP contribution is 2.21. The van der Waals surface area contributed by atoms with Gasteiger partial charge in [-0.15, -0.1) is 16.4 Å². The van der Waals surface area contributed by atoms with Crippen LogP contribution in [0.15, 0.2) is 26.7 Å². The zero-order chi connectivity index (χ0) is 12.1. The molecule has 17 heavy (non-hydrogen) atoms. The summed E-state index contributed by atoms with van der Waals surface area (Å²) in [7, 11) is 0. The summed E-state index contributed by atoms with van der Waals surface area (Å²) < 4.78 is 6.41. The first kappa shape index (κ1) is 12.1. The van der Waals surface area contributed by atoms with Crippen molar-refractivity contribution in [1.82, 2.24) is 9.78 Å². The molecule has 2 aromatic rings. The molecule has 6 heteroatoms. The molecule has 0 aliphatic rings. The molecule has 92 valence electrons. The van der Waals surface area contributed by atoms with Crippen molar-refractivity contribution < 1.29 is 9.52 Å². The molecule has 0 aliphatic carbocycles. The minimum atomic E-state index is -0.419. The number of rotatable bonds is 6. The number of aliphatic hydroxyl groups is 1. The van der Waals surface area contributed by atoms with Crippen molar-refractivity contribution in [3.05, 3.63) is 28.1 Å². The average Bonchev–Trinajstić information content (AvgIpc) is 2.94. The second-order valence-electron chi connectivity index (χ2n) is 3.66. The third-order valence-electron chi connectivity index (χ3n) is 2.37. The van der Waals surface area contributed by atoms with E-state index in [1.165, 1.54) is 16.0 Å². The number of unbranched alkanes of at least 4 members (excludes halogenated alkanes) is 2. The van der Waals surface area contributed by atoms with E-state index in [4.69, 9.17) is 9.52 Å². The first-order valence-electron chi connectivity index (χ1n) is 5.54. The van der Waals surface area contributed by atoms with Crippen molar-refractivity contribution in [3.8, 4) is 10.8 Å². The Morgan fingerprint density at radius 3 is 3.00 bits per heavy atom. The number of aryl methyl sites for hydroxylation is 1. The minimum Gasteiger partial charge on any atom is -0.396 e. The maximum Gasteiger partial charge on any atom is 0.437 e. The summed E-state index contributed by atoms with van der Waals surface area (Å²) in [4.78, 5) is 12.3. The van der Waals surface area contributed by atoms with E-state index in [0.717, 1.165) is 24.1 Å². The van der Waals surface area contributed by atoms with Gasteiger partial charge in [0.2, 0.25) is 0 Å². The number of hydrogen-bond donors (Lipinski definition) is 1. The highest BCUT2D eigenvalue weighted by atomic mass is 32.1. The Morgan fingerprint density at radius 1 is 1.41 bits per heavy atom. The monoisotopic (exact) mass is 254 g/mol. The predicted octanol–water partition coefficient (Wildman–Crippen LogP) is 1.73. The van der Waals surface area contributed by atoms with Gasteiger partial charge in [-0.2, -0.15) is 4.68 Å². The van der Waals surface area contributed by atoms with Gasteiger partial charge in [0.25, 0.3) is 5.89 Å². The number of hydrogen-bond acceptors (Lipinski definition) is 5. The molecule has 0 saturated heterocycles. The molecule has 1 N–H and O–H groups in total. The van der Waals surface area contributed by atoms with Crippen LogP contribution in [0.3, 0.4) is 0 Å². The number of thiophene rings is 1. The molecule has 0 amide bonds. The van der Waals surface area contributed by atoms with Gasteiger partial charge in [0.05, 0.1) is 4.88 Å². The van der Waals surface area contributed by atoms with Crippen LogP contribution in [0.4, 0.5) is 0 Å². The van der Waals surface area contributed by atoms with Crippen molar-refractivity contribution in [3.63, 3.8) is 0 Å². The first-order valence-corrected chi connectivity index (χ1v) is 6.42. The molecule has 0 saturated carbocycles. The van der Waals surface area contributed by atoms with Gasteiger partial charge >= 0.3 is 5.76 Å². The molecule has 0 fully saturated rings. The SMILES string of the molecule is O=c1oc(-c2cccs2)nn1CCCCCO. The summed E-state index contributed by atoms with van der Waals surface area (Å²) in [6.45, 7) is 0.724. The van der Waals surface area contributed by atoms with Crippen molar-refractivity contribution in [2.45, 2.75) is 25.8 Å². The van der Waals surface area contributed by atoms with Gasteiger partial charge in [-0.25, -0.2) is 4.79 Å². The van der Waals surface area contributed by atoms with Crippen LogP contribution < -0.4 is 5.76 Å². The number of aliphatic hydroxyl groups excluding tert-OH is 1. The van der Waals surface area contributed by atoms with Crippen LogP contribution in [0.25, 0.3) is 10.8 Å². The maximum atomic E-state index is 11.5. The van der Waals surface area contributed by atoms with Gasteiger partial charge in [-0.1, -0.05) is 6.07 Å². The van der Waals surface area contributed by atoms with Gasteiger partial charge in [-0.05, 0) is 30.7 Å². The Hall–Kier alpha value is -1.40. The van der Waals surface area contributed by atoms with Crippen LogP contribution in [0, 0.1) is 0 Å². The Bertz CT molecular complexity index is 501.